The van der Waals surface area contributed by atoms with Gasteiger partial charge in [-0.1, -0.05) is 0 Å². The molecule has 0 aliphatic heterocycles. The topological polar surface area (TPSA) is 105 Å². The highest BCUT2D eigenvalue weighted by atomic mass is 16.6. The lowest BCUT2D eigenvalue weighted by molar-refractivity contribution is -0.385. The van der Waals surface area contributed by atoms with Gasteiger partial charge in [0.25, 0.3) is 0 Å². The minimum absolute atomic E-state index is 0.120. The fourth-order valence-electron chi connectivity index (χ4n) is 1.30. The van der Waals surface area contributed by atoms with Crippen LogP contribution in [-0.4, -0.2) is 41.5 Å². The van der Waals surface area contributed by atoms with Crippen molar-refractivity contribution in [3.05, 3.63) is 28.3 Å². The molecule has 7 heteroatoms. The molecule has 0 unspecified atom stereocenters. The maximum absolute atomic E-state index is 10.7. The molecule has 0 heterocycles. The molecule has 0 aromatic heterocycles. The first kappa shape index (κ1) is 13.2. The van der Waals surface area contributed by atoms with Crippen LogP contribution in [0.4, 0.5) is 11.4 Å². The minimum atomic E-state index is -0.543. The number of hydrogen-bond donors (Lipinski definition) is 3. The third kappa shape index (κ3) is 3.30. The molecule has 1 aromatic rings. The molecule has 1 aromatic carbocycles. The molecule has 1 rings (SSSR count). The fraction of sp³-hybridized carbons (Fsp3) is 0.400. The van der Waals surface area contributed by atoms with Crippen LogP contribution in [0.25, 0.3) is 0 Å². The number of rotatable bonds is 6. The molecule has 0 saturated carbocycles. The lowest BCUT2D eigenvalue weighted by atomic mass is 10.2. The van der Waals surface area contributed by atoms with Gasteiger partial charge in [0, 0.05) is 17.8 Å². The van der Waals surface area contributed by atoms with Gasteiger partial charge in [-0.2, -0.15) is 0 Å². The predicted molar refractivity (Wildman–Crippen MR) is 61.2 cm³/mol. The maximum Gasteiger partial charge on any atom is 0.311 e. The molecule has 0 amide bonds. The van der Waals surface area contributed by atoms with E-state index < -0.39 is 11.0 Å². The summed E-state index contributed by atoms with van der Waals surface area (Å²) < 4.78 is 4.89. The number of methoxy groups -OCH3 is 1. The summed E-state index contributed by atoms with van der Waals surface area (Å²) in [6, 6.07) is 3.71. The van der Waals surface area contributed by atoms with Crippen molar-refractivity contribution in [2.24, 2.45) is 0 Å². The molecule has 3 N–H and O–H groups in total. The van der Waals surface area contributed by atoms with Gasteiger partial charge < -0.3 is 20.3 Å². The quantitative estimate of drug-likeness (QED) is 0.491. The van der Waals surface area contributed by atoms with Crippen molar-refractivity contribution < 1.29 is 19.9 Å². The van der Waals surface area contributed by atoms with Crippen molar-refractivity contribution in [2.75, 3.05) is 25.6 Å². The number of aliphatic hydroxyl groups excluding tert-OH is 2. The molecular weight excluding hydrogens is 228 g/mol. The number of ether oxygens (including phenoxy) is 1. The molecular formula is C10H14N2O5. The van der Waals surface area contributed by atoms with Crippen molar-refractivity contribution in [2.45, 2.75) is 6.04 Å². The number of benzene rings is 1. The zero-order chi connectivity index (χ0) is 12.8. The Kier molecular flexibility index (Phi) is 4.68. The molecule has 0 radical (unpaired) electrons. The number of nitrogens with zero attached hydrogens (tertiary/aromatic N) is 1. The van der Waals surface area contributed by atoms with E-state index in [1.165, 1.54) is 25.3 Å². The highest BCUT2D eigenvalue weighted by Gasteiger charge is 2.15. The lowest BCUT2D eigenvalue weighted by Gasteiger charge is -2.15. The third-order valence-electron chi connectivity index (χ3n) is 2.19. The second-order valence-corrected chi connectivity index (χ2v) is 3.35. The normalized spacial score (nSPS) is 10.4. The van der Waals surface area contributed by atoms with E-state index in [4.69, 9.17) is 14.9 Å². The lowest BCUT2D eigenvalue weighted by Crippen LogP contribution is -2.27. The fourth-order valence-corrected chi connectivity index (χ4v) is 1.30. The van der Waals surface area contributed by atoms with Crippen molar-refractivity contribution in [3.63, 3.8) is 0 Å². The number of aliphatic hydroxyl groups is 2. The van der Waals surface area contributed by atoms with Crippen LogP contribution in [0.1, 0.15) is 0 Å². The van der Waals surface area contributed by atoms with Crippen LogP contribution in [0.2, 0.25) is 0 Å². The Hall–Kier alpha value is -1.86. The average molecular weight is 242 g/mol. The standard InChI is InChI=1S/C10H14N2O5/c1-17-10-4-7(11-8(5-13)6-14)2-3-9(10)12(15)16/h2-4,8,11,13-14H,5-6H2,1H3. The predicted octanol–water partition coefficient (Wildman–Crippen LogP) is 0.368. The number of nitro groups is 1. The average Bonchev–Trinajstić information content (AvgIpc) is 2.35. The zero-order valence-corrected chi connectivity index (χ0v) is 9.29. The molecule has 0 bridgehead atoms. The summed E-state index contributed by atoms with van der Waals surface area (Å²) in [4.78, 5) is 10.1. The van der Waals surface area contributed by atoms with Gasteiger partial charge in [-0.05, 0) is 6.07 Å². The third-order valence-corrected chi connectivity index (χ3v) is 2.19. The van der Waals surface area contributed by atoms with Gasteiger partial charge in [0.15, 0.2) is 5.75 Å². The summed E-state index contributed by atoms with van der Waals surface area (Å²) in [5, 5.41) is 31.3. The monoisotopic (exact) mass is 242 g/mol. The first-order valence-electron chi connectivity index (χ1n) is 4.93. The van der Waals surface area contributed by atoms with E-state index in [-0.39, 0.29) is 24.7 Å². The van der Waals surface area contributed by atoms with Crippen molar-refractivity contribution in [1.82, 2.24) is 0 Å². The van der Waals surface area contributed by atoms with Gasteiger partial charge in [0.2, 0.25) is 0 Å². The van der Waals surface area contributed by atoms with Crippen LogP contribution in [-0.2, 0) is 0 Å². The Balaban J connectivity index is 2.93. The van der Waals surface area contributed by atoms with E-state index in [1.807, 2.05) is 0 Å². The molecule has 17 heavy (non-hydrogen) atoms. The van der Waals surface area contributed by atoms with E-state index in [1.54, 1.807) is 0 Å². The Bertz CT molecular complexity index is 392. The summed E-state index contributed by atoms with van der Waals surface area (Å²) in [5.41, 5.74) is 0.392. The molecule has 0 fully saturated rings. The van der Waals surface area contributed by atoms with Crippen LogP contribution in [0, 0.1) is 10.1 Å². The van der Waals surface area contributed by atoms with Crippen LogP contribution >= 0.6 is 0 Å². The highest BCUT2D eigenvalue weighted by Crippen LogP contribution is 2.29. The second-order valence-electron chi connectivity index (χ2n) is 3.35. The molecule has 0 atom stereocenters. The van der Waals surface area contributed by atoms with Gasteiger partial charge in [-0.15, -0.1) is 0 Å². The van der Waals surface area contributed by atoms with Crippen molar-refractivity contribution in [1.29, 1.82) is 0 Å². The number of nitrogens with one attached hydrogen (secondary N) is 1. The van der Waals surface area contributed by atoms with Gasteiger partial charge in [0.1, 0.15) is 0 Å². The first-order chi connectivity index (χ1) is 8.12. The highest BCUT2D eigenvalue weighted by molar-refractivity contribution is 5.58. The van der Waals surface area contributed by atoms with Gasteiger partial charge >= 0.3 is 5.69 Å². The minimum Gasteiger partial charge on any atom is -0.490 e. The molecule has 94 valence electrons. The molecule has 0 aliphatic carbocycles. The van der Waals surface area contributed by atoms with Crippen molar-refractivity contribution in [3.8, 4) is 5.75 Å². The van der Waals surface area contributed by atoms with E-state index in [0.717, 1.165) is 0 Å². The zero-order valence-electron chi connectivity index (χ0n) is 9.29. The molecule has 0 aliphatic rings. The molecule has 0 saturated heterocycles. The van der Waals surface area contributed by atoms with Crippen molar-refractivity contribution >= 4 is 11.4 Å². The number of nitro benzene ring substituents is 1. The van der Waals surface area contributed by atoms with E-state index >= 15 is 0 Å². The maximum atomic E-state index is 10.7. The van der Waals surface area contributed by atoms with Gasteiger partial charge in [-0.3, -0.25) is 10.1 Å². The van der Waals surface area contributed by atoms with Gasteiger partial charge in [-0.25, -0.2) is 0 Å². The van der Waals surface area contributed by atoms with E-state index in [9.17, 15) is 10.1 Å². The molecule has 7 nitrogen and oxygen atoms in total. The van der Waals surface area contributed by atoms with E-state index in [2.05, 4.69) is 5.32 Å². The Morgan fingerprint density at radius 3 is 2.59 bits per heavy atom. The smallest absolute Gasteiger partial charge is 0.311 e. The van der Waals surface area contributed by atoms with Gasteiger partial charge in [0.05, 0.1) is 31.3 Å². The van der Waals surface area contributed by atoms with Crippen LogP contribution in [0.3, 0.4) is 0 Å². The Morgan fingerprint density at radius 1 is 1.47 bits per heavy atom. The summed E-state index contributed by atoms with van der Waals surface area (Å²) in [6.45, 7) is -0.481. The van der Waals surface area contributed by atoms with Crippen LogP contribution in [0.5, 0.6) is 5.75 Å². The molecule has 0 spiro atoms. The summed E-state index contributed by atoms with van der Waals surface area (Å²) in [6.07, 6.45) is 0. The van der Waals surface area contributed by atoms with E-state index in [0.29, 0.717) is 5.69 Å². The second kappa shape index (κ2) is 6.02. The Morgan fingerprint density at radius 2 is 2.12 bits per heavy atom. The van der Waals surface area contributed by atoms with Crippen LogP contribution in [0.15, 0.2) is 18.2 Å². The van der Waals surface area contributed by atoms with Crippen LogP contribution < -0.4 is 10.1 Å². The number of hydrogen-bond acceptors (Lipinski definition) is 6. The first-order valence-corrected chi connectivity index (χ1v) is 4.93. The summed E-state index contributed by atoms with van der Waals surface area (Å²) >= 11 is 0. The Labute approximate surface area is 97.8 Å². The summed E-state index contributed by atoms with van der Waals surface area (Å²) in [7, 11) is 1.34. The SMILES string of the molecule is COc1cc(NC(CO)CO)ccc1[N+](=O)[O-]. The largest absolute Gasteiger partial charge is 0.490 e. The number of anilines is 1. The summed E-state index contributed by atoms with van der Waals surface area (Å²) in [5.74, 6) is 0.120.